The number of aliphatic hydroxyl groups excluding tert-OH is 1. The minimum Gasteiger partial charge on any atom is -0.392 e. The maximum Gasteiger partial charge on any atom is 0.0693 e. The predicted octanol–water partition coefficient (Wildman–Crippen LogP) is 2.88. The number of aliphatic hydroxyl groups is 1. The van der Waals surface area contributed by atoms with Crippen LogP contribution >= 0.6 is 0 Å². The van der Waals surface area contributed by atoms with Crippen LogP contribution in [-0.4, -0.2) is 21.8 Å². The zero-order valence-electron chi connectivity index (χ0n) is 12.4. The third kappa shape index (κ3) is 2.36. The lowest BCUT2D eigenvalue weighted by atomic mass is 9.92. The Labute approximate surface area is 120 Å². The standard InChI is InChI=1S/C17H24N2O/c1-12-13-7-3-5-9-15(13)19(2)16(12)11-18-14-8-4-6-10-17(14)20/h3,5,7,9,14,17-18,20H,4,6,8,10-11H2,1-2H3. The van der Waals surface area contributed by atoms with E-state index in [1.165, 1.54) is 28.6 Å². The van der Waals surface area contributed by atoms with Gasteiger partial charge < -0.3 is 15.0 Å². The van der Waals surface area contributed by atoms with Crippen LogP contribution in [0.3, 0.4) is 0 Å². The van der Waals surface area contributed by atoms with Gasteiger partial charge in [0.2, 0.25) is 0 Å². The van der Waals surface area contributed by atoms with Crippen LogP contribution < -0.4 is 5.32 Å². The Balaban J connectivity index is 1.80. The van der Waals surface area contributed by atoms with E-state index in [2.05, 4.69) is 48.1 Å². The lowest BCUT2D eigenvalue weighted by Gasteiger charge is -2.28. The van der Waals surface area contributed by atoms with Gasteiger partial charge in [0.1, 0.15) is 0 Å². The van der Waals surface area contributed by atoms with Crippen LogP contribution in [0, 0.1) is 6.92 Å². The first kappa shape index (κ1) is 13.7. The first-order chi connectivity index (χ1) is 9.68. The van der Waals surface area contributed by atoms with Gasteiger partial charge in [-0.15, -0.1) is 0 Å². The highest BCUT2D eigenvalue weighted by Crippen LogP contribution is 2.25. The highest BCUT2D eigenvalue weighted by atomic mass is 16.3. The molecule has 1 aromatic heterocycles. The summed E-state index contributed by atoms with van der Waals surface area (Å²) in [5.41, 5.74) is 3.95. The molecule has 0 saturated heterocycles. The molecule has 0 radical (unpaired) electrons. The Morgan fingerprint density at radius 1 is 1.25 bits per heavy atom. The highest BCUT2D eigenvalue weighted by Gasteiger charge is 2.23. The smallest absolute Gasteiger partial charge is 0.0693 e. The summed E-state index contributed by atoms with van der Waals surface area (Å²) in [5, 5.41) is 14.9. The molecular formula is C17H24N2O. The van der Waals surface area contributed by atoms with Gasteiger partial charge >= 0.3 is 0 Å². The van der Waals surface area contributed by atoms with E-state index in [0.29, 0.717) is 0 Å². The molecule has 1 aliphatic rings. The SMILES string of the molecule is Cc1c(CNC2CCCCC2O)n(C)c2ccccc12. The summed E-state index contributed by atoms with van der Waals surface area (Å²) in [6.07, 6.45) is 4.23. The fraction of sp³-hybridized carbons (Fsp3) is 0.529. The molecule has 0 spiro atoms. The molecule has 1 saturated carbocycles. The molecule has 3 rings (SSSR count). The van der Waals surface area contributed by atoms with Crippen molar-refractivity contribution >= 4 is 10.9 Å². The van der Waals surface area contributed by atoms with Crippen molar-refractivity contribution < 1.29 is 5.11 Å². The average molecular weight is 272 g/mol. The Morgan fingerprint density at radius 2 is 2.00 bits per heavy atom. The Kier molecular flexibility index (Phi) is 3.81. The van der Waals surface area contributed by atoms with E-state index in [9.17, 15) is 5.11 Å². The first-order valence-corrected chi connectivity index (χ1v) is 7.63. The van der Waals surface area contributed by atoms with Gasteiger partial charge in [-0.25, -0.2) is 0 Å². The minimum absolute atomic E-state index is 0.182. The largest absolute Gasteiger partial charge is 0.392 e. The van der Waals surface area contributed by atoms with Gasteiger partial charge in [-0.1, -0.05) is 31.0 Å². The van der Waals surface area contributed by atoms with Gasteiger partial charge in [0.05, 0.1) is 6.10 Å². The summed E-state index contributed by atoms with van der Waals surface area (Å²) < 4.78 is 2.27. The van der Waals surface area contributed by atoms with E-state index in [4.69, 9.17) is 0 Å². The topological polar surface area (TPSA) is 37.2 Å². The van der Waals surface area contributed by atoms with Crippen LogP contribution in [0.5, 0.6) is 0 Å². The van der Waals surface area contributed by atoms with E-state index >= 15 is 0 Å². The van der Waals surface area contributed by atoms with E-state index in [0.717, 1.165) is 25.8 Å². The third-order valence-electron chi connectivity index (χ3n) is 4.77. The number of hydrogen-bond acceptors (Lipinski definition) is 2. The second kappa shape index (κ2) is 5.58. The molecule has 1 aliphatic carbocycles. The van der Waals surface area contributed by atoms with Crippen molar-refractivity contribution in [3.63, 3.8) is 0 Å². The first-order valence-electron chi connectivity index (χ1n) is 7.63. The van der Waals surface area contributed by atoms with Gasteiger partial charge in [0.25, 0.3) is 0 Å². The van der Waals surface area contributed by atoms with Crippen LogP contribution in [0.4, 0.5) is 0 Å². The number of nitrogens with one attached hydrogen (secondary N) is 1. The molecule has 3 nitrogen and oxygen atoms in total. The number of rotatable bonds is 3. The monoisotopic (exact) mass is 272 g/mol. The molecule has 3 heteroatoms. The lowest BCUT2D eigenvalue weighted by Crippen LogP contribution is -2.41. The van der Waals surface area contributed by atoms with Gasteiger partial charge in [-0.2, -0.15) is 0 Å². The van der Waals surface area contributed by atoms with Crippen LogP contribution in [0.15, 0.2) is 24.3 Å². The maximum absolute atomic E-state index is 10.1. The summed E-state index contributed by atoms with van der Waals surface area (Å²) in [6.45, 7) is 3.02. The van der Waals surface area contributed by atoms with Crippen molar-refractivity contribution in [1.82, 2.24) is 9.88 Å². The number of aryl methyl sites for hydroxylation is 2. The second-order valence-corrected chi connectivity index (χ2v) is 5.99. The van der Waals surface area contributed by atoms with E-state index < -0.39 is 0 Å². The van der Waals surface area contributed by atoms with Gasteiger partial charge in [-0.05, 0) is 31.4 Å². The zero-order chi connectivity index (χ0) is 14.1. The predicted molar refractivity (Wildman–Crippen MR) is 82.8 cm³/mol. The van der Waals surface area contributed by atoms with Crippen LogP contribution in [-0.2, 0) is 13.6 Å². The number of benzene rings is 1. The molecule has 20 heavy (non-hydrogen) atoms. The molecule has 1 aromatic carbocycles. The number of hydrogen-bond donors (Lipinski definition) is 2. The van der Waals surface area contributed by atoms with Gasteiger partial charge in [0.15, 0.2) is 0 Å². The Bertz CT molecular complexity index is 563. The summed E-state index contributed by atoms with van der Waals surface area (Å²) >= 11 is 0. The molecule has 108 valence electrons. The van der Waals surface area contributed by atoms with E-state index in [1.54, 1.807) is 0 Å². The van der Waals surface area contributed by atoms with Crippen molar-refractivity contribution in [3.05, 3.63) is 35.5 Å². The zero-order valence-corrected chi connectivity index (χ0v) is 12.4. The van der Waals surface area contributed by atoms with E-state index in [-0.39, 0.29) is 12.1 Å². The molecule has 2 N–H and O–H groups in total. The molecule has 2 aromatic rings. The summed E-state index contributed by atoms with van der Waals surface area (Å²) in [5.74, 6) is 0. The highest BCUT2D eigenvalue weighted by molar-refractivity contribution is 5.85. The van der Waals surface area contributed by atoms with Crippen LogP contribution in [0.1, 0.15) is 36.9 Å². The van der Waals surface area contributed by atoms with Crippen molar-refractivity contribution in [1.29, 1.82) is 0 Å². The molecule has 0 amide bonds. The molecular weight excluding hydrogens is 248 g/mol. The van der Waals surface area contributed by atoms with Crippen molar-refractivity contribution in [2.75, 3.05) is 0 Å². The number of nitrogens with zero attached hydrogens (tertiary/aromatic N) is 1. The second-order valence-electron chi connectivity index (χ2n) is 5.99. The minimum atomic E-state index is -0.182. The molecule has 0 bridgehead atoms. The number of fused-ring (bicyclic) bond motifs is 1. The third-order valence-corrected chi connectivity index (χ3v) is 4.77. The van der Waals surface area contributed by atoms with Crippen molar-refractivity contribution in [3.8, 4) is 0 Å². The quantitative estimate of drug-likeness (QED) is 0.901. The molecule has 2 unspecified atom stereocenters. The fourth-order valence-corrected chi connectivity index (χ4v) is 3.46. The molecule has 1 heterocycles. The maximum atomic E-state index is 10.1. The summed E-state index contributed by atoms with van der Waals surface area (Å²) in [6, 6.07) is 8.79. The molecule has 2 atom stereocenters. The summed E-state index contributed by atoms with van der Waals surface area (Å²) in [7, 11) is 2.13. The van der Waals surface area contributed by atoms with E-state index in [1.807, 2.05) is 0 Å². The normalized spacial score (nSPS) is 23.4. The van der Waals surface area contributed by atoms with Crippen molar-refractivity contribution in [2.24, 2.45) is 7.05 Å². The van der Waals surface area contributed by atoms with Crippen molar-refractivity contribution in [2.45, 2.75) is 51.3 Å². The molecule has 0 aliphatic heterocycles. The number of aromatic nitrogens is 1. The van der Waals surface area contributed by atoms with Gasteiger partial charge in [-0.3, -0.25) is 0 Å². The molecule has 1 fully saturated rings. The lowest BCUT2D eigenvalue weighted by molar-refractivity contribution is 0.0899. The Morgan fingerprint density at radius 3 is 2.75 bits per heavy atom. The number of para-hydroxylation sites is 1. The average Bonchev–Trinajstić information content (AvgIpc) is 2.71. The summed E-state index contributed by atoms with van der Waals surface area (Å²) in [4.78, 5) is 0. The van der Waals surface area contributed by atoms with Gasteiger partial charge in [0, 0.05) is 36.2 Å². The Hall–Kier alpha value is -1.32. The van der Waals surface area contributed by atoms with Crippen LogP contribution in [0.25, 0.3) is 10.9 Å². The van der Waals surface area contributed by atoms with Crippen LogP contribution in [0.2, 0.25) is 0 Å². The fourth-order valence-electron chi connectivity index (χ4n) is 3.46.